The first-order valence-corrected chi connectivity index (χ1v) is 7.07. The number of urea groups is 1. The molecule has 0 bridgehead atoms. The number of carbonyl (C=O) groups is 2. The van der Waals surface area contributed by atoms with Crippen molar-refractivity contribution in [2.75, 3.05) is 11.9 Å². The Morgan fingerprint density at radius 2 is 2.10 bits per heavy atom. The number of rotatable bonds is 4. The Hall–Kier alpha value is -2.24. The van der Waals surface area contributed by atoms with E-state index in [1.165, 1.54) is 24.6 Å². The number of aromatic hydroxyl groups is 1. The molecule has 1 saturated carbocycles. The van der Waals surface area contributed by atoms with Gasteiger partial charge >= 0.3 is 12.0 Å². The summed E-state index contributed by atoms with van der Waals surface area (Å²) in [5, 5.41) is 23.7. The number of hydrogen-bond acceptors (Lipinski definition) is 3. The maximum absolute atomic E-state index is 11.8. The zero-order valence-electron chi connectivity index (χ0n) is 11.9. The average molecular weight is 292 g/mol. The van der Waals surface area contributed by atoms with E-state index in [2.05, 4.69) is 17.6 Å². The van der Waals surface area contributed by atoms with Crippen molar-refractivity contribution in [2.45, 2.75) is 26.2 Å². The van der Waals surface area contributed by atoms with E-state index in [0.717, 1.165) is 18.8 Å². The molecule has 1 aromatic carbocycles. The van der Waals surface area contributed by atoms with E-state index in [0.29, 0.717) is 18.2 Å². The smallest absolute Gasteiger partial charge is 0.339 e. The Morgan fingerprint density at radius 1 is 1.33 bits per heavy atom. The van der Waals surface area contributed by atoms with Gasteiger partial charge < -0.3 is 20.8 Å². The van der Waals surface area contributed by atoms with Gasteiger partial charge in [0.15, 0.2) is 0 Å². The molecule has 1 fully saturated rings. The van der Waals surface area contributed by atoms with E-state index >= 15 is 0 Å². The third kappa shape index (κ3) is 4.11. The van der Waals surface area contributed by atoms with Crippen LogP contribution in [0.1, 0.15) is 36.5 Å². The van der Waals surface area contributed by atoms with Gasteiger partial charge in [0.25, 0.3) is 0 Å². The fourth-order valence-electron chi connectivity index (χ4n) is 2.71. The topological polar surface area (TPSA) is 98.7 Å². The van der Waals surface area contributed by atoms with Gasteiger partial charge in [0.2, 0.25) is 0 Å². The number of phenols is 1. The van der Waals surface area contributed by atoms with Gasteiger partial charge in [0, 0.05) is 12.2 Å². The maximum Gasteiger partial charge on any atom is 0.339 e. The molecule has 0 saturated heterocycles. The van der Waals surface area contributed by atoms with Crippen LogP contribution in [-0.2, 0) is 0 Å². The number of anilines is 1. The third-order valence-corrected chi connectivity index (χ3v) is 3.84. The molecule has 0 spiro atoms. The summed E-state index contributed by atoms with van der Waals surface area (Å²) in [7, 11) is 0. The summed E-state index contributed by atoms with van der Waals surface area (Å²) in [4.78, 5) is 22.7. The lowest BCUT2D eigenvalue weighted by atomic mass is 10.1. The van der Waals surface area contributed by atoms with Crippen molar-refractivity contribution in [3.63, 3.8) is 0 Å². The zero-order valence-corrected chi connectivity index (χ0v) is 11.9. The Balaban J connectivity index is 1.87. The first kappa shape index (κ1) is 15.2. The highest BCUT2D eigenvalue weighted by Crippen LogP contribution is 2.29. The summed E-state index contributed by atoms with van der Waals surface area (Å²) in [6.07, 6.45) is 3.46. The fourth-order valence-corrected chi connectivity index (χ4v) is 2.71. The van der Waals surface area contributed by atoms with Crippen LogP contribution < -0.4 is 10.6 Å². The van der Waals surface area contributed by atoms with Crippen LogP contribution in [0.2, 0.25) is 0 Å². The minimum atomic E-state index is -1.24. The molecular formula is C15H20N2O4. The van der Waals surface area contributed by atoms with Gasteiger partial charge in [-0.2, -0.15) is 0 Å². The van der Waals surface area contributed by atoms with Crippen molar-refractivity contribution < 1.29 is 19.8 Å². The van der Waals surface area contributed by atoms with Crippen LogP contribution in [0.4, 0.5) is 10.5 Å². The number of carboxylic acids is 1. The minimum Gasteiger partial charge on any atom is -0.507 e. The predicted molar refractivity (Wildman–Crippen MR) is 78.6 cm³/mol. The van der Waals surface area contributed by atoms with Crippen LogP contribution in [-0.4, -0.2) is 28.8 Å². The van der Waals surface area contributed by atoms with Gasteiger partial charge in [-0.3, -0.25) is 0 Å². The van der Waals surface area contributed by atoms with Gasteiger partial charge in [0.1, 0.15) is 11.3 Å². The van der Waals surface area contributed by atoms with Gasteiger partial charge in [-0.25, -0.2) is 9.59 Å². The third-order valence-electron chi connectivity index (χ3n) is 3.84. The minimum absolute atomic E-state index is 0.239. The second-order valence-corrected chi connectivity index (χ2v) is 5.66. The Bertz CT molecular complexity index is 544. The average Bonchev–Trinajstić information content (AvgIpc) is 2.84. The molecule has 2 atom stereocenters. The fraction of sp³-hybridized carbons (Fsp3) is 0.467. The molecule has 1 aromatic rings. The summed E-state index contributed by atoms with van der Waals surface area (Å²) in [6, 6.07) is 3.57. The molecule has 0 aliphatic heterocycles. The lowest BCUT2D eigenvalue weighted by Crippen LogP contribution is -2.32. The highest BCUT2D eigenvalue weighted by Gasteiger charge is 2.21. The molecule has 6 heteroatoms. The largest absolute Gasteiger partial charge is 0.507 e. The molecular weight excluding hydrogens is 272 g/mol. The van der Waals surface area contributed by atoms with E-state index < -0.39 is 5.97 Å². The lowest BCUT2D eigenvalue weighted by molar-refractivity contribution is 0.0693. The second kappa shape index (κ2) is 6.47. The van der Waals surface area contributed by atoms with Crippen molar-refractivity contribution in [1.82, 2.24) is 5.32 Å². The number of carbonyl (C=O) groups excluding carboxylic acids is 1. The van der Waals surface area contributed by atoms with Crippen LogP contribution >= 0.6 is 0 Å². The number of hydrogen-bond donors (Lipinski definition) is 4. The number of aromatic carboxylic acids is 1. The lowest BCUT2D eigenvalue weighted by Gasteiger charge is -2.12. The highest BCUT2D eigenvalue weighted by molar-refractivity contribution is 5.95. The molecule has 1 aliphatic rings. The van der Waals surface area contributed by atoms with Crippen LogP contribution in [0.25, 0.3) is 0 Å². The predicted octanol–water partition coefficient (Wildman–Crippen LogP) is 2.65. The number of amides is 2. The molecule has 114 valence electrons. The number of carboxylic acid groups (broad SMARTS) is 1. The van der Waals surface area contributed by atoms with Crippen LogP contribution in [0.15, 0.2) is 18.2 Å². The molecule has 21 heavy (non-hydrogen) atoms. The van der Waals surface area contributed by atoms with Crippen molar-refractivity contribution in [2.24, 2.45) is 11.8 Å². The second-order valence-electron chi connectivity index (χ2n) is 5.66. The van der Waals surface area contributed by atoms with Crippen molar-refractivity contribution in [1.29, 1.82) is 0 Å². The Morgan fingerprint density at radius 3 is 2.71 bits per heavy atom. The first-order valence-electron chi connectivity index (χ1n) is 7.07. The monoisotopic (exact) mass is 292 g/mol. The van der Waals surface area contributed by atoms with E-state index in [-0.39, 0.29) is 17.3 Å². The summed E-state index contributed by atoms with van der Waals surface area (Å²) in [6.45, 7) is 2.84. The van der Waals surface area contributed by atoms with E-state index in [1.54, 1.807) is 0 Å². The van der Waals surface area contributed by atoms with E-state index in [4.69, 9.17) is 5.11 Å². The Labute approximate surface area is 123 Å². The van der Waals surface area contributed by atoms with Crippen LogP contribution in [0, 0.1) is 11.8 Å². The standard InChI is InChI=1S/C15H20N2O4/c1-9-2-3-10(6-9)8-16-15(21)17-11-4-5-13(18)12(7-11)14(19)20/h4-5,7,9-10,18H,2-3,6,8H2,1H3,(H,19,20)(H2,16,17,21). The van der Waals surface area contributed by atoms with Crippen LogP contribution in [0.3, 0.4) is 0 Å². The number of benzene rings is 1. The normalized spacial score (nSPS) is 21.0. The summed E-state index contributed by atoms with van der Waals surface area (Å²) in [5.41, 5.74) is 0.0971. The molecule has 2 rings (SSSR count). The molecule has 0 radical (unpaired) electrons. The molecule has 0 aromatic heterocycles. The summed E-state index contributed by atoms with van der Waals surface area (Å²) >= 11 is 0. The first-order chi connectivity index (χ1) is 9.95. The summed E-state index contributed by atoms with van der Waals surface area (Å²) < 4.78 is 0. The highest BCUT2D eigenvalue weighted by atomic mass is 16.4. The summed E-state index contributed by atoms with van der Waals surface area (Å²) in [5.74, 6) is -0.333. The molecule has 6 nitrogen and oxygen atoms in total. The van der Waals surface area contributed by atoms with Crippen molar-refractivity contribution >= 4 is 17.7 Å². The van der Waals surface area contributed by atoms with Gasteiger partial charge in [-0.15, -0.1) is 0 Å². The van der Waals surface area contributed by atoms with Gasteiger partial charge in [-0.1, -0.05) is 13.3 Å². The van der Waals surface area contributed by atoms with Crippen LogP contribution in [0.5, 0.6) is 5.75 Å². The molecule has 1 aliphatic carbocycles. The Kier molecular flexibility index (Phi) is 4.67. The van der Waals surface area contributed by atoms with E-state index in [1.807, 2.05) is 0 Å². The SMILES string of the molecule is CC1CCC(CNC(=O)Nc2ccc(O)c(C(=O)O)c2)C1. The van der Waals surface area contributed by atoms with Crippen molar-refractivity contribution in [3.05, 3.63) is 23.8 Å². The number of nitrogens with one attached hydrogen (secondary N) is 2. The molecule has 0 heterocycles. The molecule has 2 unspecified atom stereocenters. The zero-order chi connectivity index (χ0) is 15.4. The van der Waals surface area contributed by atoms with Gasteiger partial charge in [0.05, 0.1) is 0 Å². The van der Waals surface area contributed by atoms with E-state index in [9.17, 15) is 14.7 Å². The molecule has 2 amide bonds. The molecule has 4 N–H and O–H groups in total. The maximum atomic E-state index is 11.8. The van der Waals surface area contributed by atoms with Crippen molar-refractivity contribution in [3.8, 4) is 5.75 Å². The quantitative estimate of drug-likeness (QED) is 0.641. The van der Waals surface area contributed by atoms with Gasteiger partial charge in [-0.05, 0) is 42.9 Å².